The van der Waals surface area contributed by atoms with E-state index in [0.29, 0.717) is 24.0 Å². The molecule has 0 aliphatic heterocycles. The third kappa shape index (κ3) is 3.32. The molecule has 0 fully saturated rings. The summed E-state index contributed by atoms with van der Waals surface area (Å²) in [6, 6.07) is 6.26. The van der Waals surface area contributed by atoms with Gasteiger partial charge in [0, 0.05) is 17.8 Å². The minimum Gasteiger partial charge on any atom is -0.487 e. The van der Waals surface area contributed by atoms with Gasteiger partial charge < -0.3 is 9.84 Å². The summed E-state index contributed by atoms with van der Waals surface area (Å²) in [7, 11) is 0. The van der Waals surface area contributed by atoms with Gasteiger partial charge in [-0.05, 0) is 38.1 Å². The molecule has 0 radical (unpaired) electrons. The zero-order valence-corrected chi connectivity index (χ0v) is 11.0. The van der Waals surface area contributed by atoms with E-state index in [9.17, 15) is 4.39 Å². The highest BCUT2D eigenvalue weighted by atomic mass is 19.1. The number of aliphatic hydroxyl groups is 1. The fraction of sp³-hybridized carbons (Fsp3) is 0.357. The molecular formula is C14H17FN2O2. The Balaban J connectivity index is 2.05. The number of aliphatic hydroxyl groups excluding tert-OH is 1. The Labute approximate surface area is 111 Å². The second kappa shape index (κ2) is 5.84. The number of hydrogen-bond donors (Lipinski definition) is 1. The van der Waals surface area contributed by atoms with Gasteiger partial charge >= 0.3 is 0 Å². The van der Waals surface area contributed by atoms with Crippen LogP contribution in [0.25, 0.3) is 0 Å². The van der Waals surface area contributed by atoms with Gasteiger partial charge in [0.15, 0.2) is 0 Å². The minimum absolute atomic E-state index is 0.256. The van der Waals surface area contributed by atoms with Gasteiger partial charge in [0.05, 0.1) is 12.3 Å². The van der Waals surface area contributed by atoms with Crippen molar-refractivity contribution in [1.29, 1.82) is 0 Å². The van der Waals surface area contributed by atoms with Crippen molar-refractivity contribution in [1.82, 2.24) is 9.78 Å². The quantitative estimate of drug-likeness (QED) is 0.903. The molecule has 1 heterocycles. The second-order valence-electron chi connectivity index (χ2n) is 4.58. The molecule has 0 aliphatic rings. The molecule has 5 heteroatoms. The van der Waals surface area contributed by atoms with E-state index in [0.717, 1.165) is 5.69 Å². The van der Waals surface area contributed by atoms with Crippen molar-refractivity contribution >= 4 is 0 Å². The molecule has 102 valence electrons. The van der Waals surface area contributed by atoms with Gasteiger partial charge in [0.25, 0.3) is 0 Å². The van der Waals surface area contributed by atoms with E-state index in [1.54, 1.807) is 0 Å². The molecule has 0 aliphatic carbocycles. The van der Waals surface area contributed by atoms with Gasteiger partial charge in [-0.25, -0.2) is 4.39 Å². The van der Waals surface area contributed by atoms with Gasteiger partial charge in [0.2, 0.25) is 0 Å². The Morgan fingerprint density at radius 1 is 1.37 bits per heavy atom. The Morgan fingerprint density at radius 2 is 2.16 bits per heavy atom. The van der Waals surface area contributed by atoms with Gasteiger partial charge in [-0.1, -0.05) is 0 Å². The summed E-state index contributed by atoms with van der Waals surface area (Å²) in [6.45, 7) is 4.12. The normalized spacial score (nSPS) is 11.0. The Bertz CT molecular complexity index is 552. The lowest BCUT2D eigenvalue weighted by Gasteiger charge is -2.09. The van der Waals surface area contributed by atoms with Crippen molar-refractivity contribution in [2.24, 2.45) is 0 Å². The van der Waals surface area contributed by atoms with Crippen LogP contribution < -0.4 is 4.74 Å². The highest BCUT2D eigenvalue weighted by Crippen LogP contribution is 2.20. The lowest BCUT2D eigenvalue weighted by atomic mass is 10.2. The maximum Gasteiger partial charge on any atom is 0.132 e. The predicted octanol–water partition coefficient (Wildman–Crippen LogP) is 2.67. The Morgan fingerprint density at radius 3 is 2.79 bits per heavy atom. The van der Waals surface area contributed by atoms with Crippen LogP contribution in [0.15, 0.2) is 30.5 Å². The fourth-order valence-corrected chi connectivity index (χ4v) is 1.71. The standard InChI is InChI=1S/C14H17FN2O2/c1-10(2)17-6-5-13(16-17)9-19-14-4-3-12(15)7-11(14)8-18/h3-7,10,18H,8-9H2,1-2H3. The number of nitrogens with zero attached hydrogens (tertiary/aromatic N) is 2. The molecule has 0 atom stereocenters. The predicted molar refractivity (Wildman–Crippen MR) is 69.3 cm³/mol. The number of halogens is 1. The molecule has 0 saturated heterocycles. The first kappa shape index (κ1) is 13.5. The molecule has 2 rings (SSSR count). The van der Waals surface area contributed by atoms with Crippen LogP contribution in [0, 0.1) is 5.82 Å². The van der Waals surface area contributed by atoms with E-state index >= 15 is 0 Å². The lowest BCUT2D eigenvalue weighted by molar-refractivity contribution is 0.256. The lowest BCUT2D eigenvalue weighted by Crippen LogP contribution is -2.04. The Kier molecular flexibility index (Phi) is 4.16. The second-order valence-corrected chi connectivity index (χ2v) is 4.58. The zero-order valence-electron chi connectivity index (χ0n) is 11.0. The monoisotopic (exact) mass is 264 g/mol. The van der Waals surface area contributed by atoms with Crippen LogP contribution >= 0.6 is 0 Å². The van der Waals surface area contributed by atoms with Crippen molar-refractivity contribution in [3.63, 3.8) is 0 Å². The first-order valence-corrected chi connectivity index (χ1v) is 6.16. The van der Waals surface area contributed by atoms with Crippen LogP contribution in [0.3, 0.4) is 0 Å². The third-order valence-electron chi connectivity index (χ3n) is 2.76. The van der Waals surface area contributed by atoms with Crippen molar-refractivity contribution in [3.8, 4) is 5.75 Å². The van der Waals surface area contributed by atoms with Gasteiger partial charge in [-0.15, -0.1) is 0 Å². The zero-order chi connectivity index (χ0) is 13.8. The molecule has 0 spiro atoms. The van der Waals surface area contributed by atoms with Crippen LogP contribution in [0.2, 0.25) is 0 Å². The smallest absolute Gasteiger partial charge is 0.132 e. The van der Waals surface area contributed by atoms with E-state index in [1.807, 2.05) is 30.8 Å². The molecule has 1 aromatic heterocycles. The van der Waals surface area contributed by atoms with E-state index in [2.05, 4.69) is 5.10 Å². The summed E-state index contributed by atoms with van der Waals surface area (Å²) >= 11 is 0. The average Bonchev–Trinajstić information content (AvgIpc) is 2.86. The van der Waals surface area contributed by atoms with E-state index < -0.39 is 0 Å². The minimum atomic E-state index is -0.388. The topological polar surface area (TPSA) is 47.3 Å². The number of hydrogen-bond acceptors (Lipinski definition) is 3. The van der Waals surface area contributed by atoms with E-state index in [1.165, 1.54) is 18.2 Å². The first-order valence-electron chi connectivity index (χ1n) is 6.16. The van der Waals surface area contributed by atoms with Gasteiger partial charge in [-0.2, -0.15) is 5.10 Å². The van der Waals surface area contributed by atoms with E-state index in [-0.39, 0.29) is 12.4 Å². The summed E-state index contributed by atoms with van der Waals surface area (Å²) < 4.78 is 20.4. The van der Waals surface area contributed by atoms with E-state index in [4.69, 9.17) is 9.84 Å². The molecule has 1 N–H and O–H groups in total. The Hall–Kier alpha value is -1.88. The largest absolute Gasteiger partial charge is 0.487 e. The van der Waals surface area contributed by atoms with Crippen LogP contribution in [-0.4, -0.2) is 14.9 Å². The fourth-order valence-electron chi connectivity index (χ4n) is 1.71. The third-order valence-corrected chi connectivity index (χ3v) is 2.76. The van der Waals surface area contributed by atoms with Gasteiger partial charge in [-0.3, -0.25) is 4.68 Å². The summed E-state index contributed by atoms with van der Waals surface area (Å²) in [5.41, 5.74) is 1.23. The van der Waals surface area contributed by atoms with Crippen molar-refractivity contribution in [2.75, 3.05) is 0 Å². The molecule has 0 amide bonds. The number of aromatic nitrogens is 2. The summed E-state index contributed by atoms with van der Waals surface area (Å²) in [6.07, 6.45) is 1.89. The molecule has 4 nitrogen and oxygen atoms in total. The number of benzene rings is 1. The molecule has 0 unspecified atom stereocenters. The SMILES string of the molecule is CC(C)n1ccc(COc2ccc(F)cc2CO)n1. The van der Waals surface area contributed by atoms with Crippen LogP contribution in [0.1, 0.15) is 31.1 Å². The first-order chi connectivity index (χ1) is 9.10. The summed E-state index contributed by atoms with van der Waals surface area (Å²) in [5.74, 6) is 0.0866. The molecule has 2 aromatic rings. The van der Waals surface area contributed by atoms with Crippen molar-refractivity contribution in [2.45, 2.75) is 33.1 Å². The van der Waals surface area contributed by atoms with Gasteiger partial charge in [0.1, 0.15) is 18.2 Å². The molecule has 0 saturated carbocycles. The molecule has 0 bridgehead atoms. The van der Waals surface area contributed by atoms with Crippen LogP contribution in [-0.2, 0) is 13.2 Å². The van der Waals surface area contributed by atoms with Crippen molar-refractivity contribution in [3.05, 3.63) is 47.5 Å². The summed E-state index contributed by atoms with van der Waals surface area (Å²) in [4.78, 5) is 0. The molecule has 1 aromatic carbocycles. The molecule has 19 heavy (non-hydrogen) atoms. The average molecular weight is 264 g/mol. The molecular weight excluding hydrogens is 247 g/mol. The highest BCUT2D eigenvalue weighted by Gasteiger charge is 2.07. The van der Waals surface area contributed by atoms with Crippen LogP contribution in [0.5, 0.6) is 5.75 Å². The number of rotatable bonds is 5. The number of ether oxygens (including phenoxy) is 1. The van der Waals surface area contributed by atoms with Crippen molar-refractivity contribution < 1.29 is 14.2 Å². The maximum atomic E-state index is 13.0. The summed E-state index contributed by atoms with van der Waals surface area (Å²) in [5, 5.41) is 13.5. The maximum absolute atomic E-state index is 13.0. The highest BCUT2D eigenvalue weighted by molar-refractivity contribution is 5.33. The van der Waals surface area contributed by atoms with Crippen LogP contribution in [0.4, 0.5) is 4.39 Å².